The number of H-pyrrole nitrogens is 1. The Bertz CT molecular complexity index is 1220. The Hall–Kier alpha value is -3.09. The highest BCUT2D eigenvalue weighted by Gasteiger charge is 2.28. The second kappa shape index (κ2) is 6.72. The summed E-state index contributed by atoms with van der Waals surface area (Å²) in [6.45, 7) is 7.11. The van der Waals surface area contributed by atoms with E-state index in [1.165, 1.54) is 0 Å². The first kappa shape index (κ1) is 18.9. The topological polar surface area (TPSA) is 88.4 Å². The lowest BCUT2D eigenvalue weighted by atomic mass is 9.92. The van der Waals surface area contributed by atoms with E-state index in [0.717, 1.165) is 52.9 Å². The molecule has 7 nitrogen and oxygen atoms in total. The molecule has 0 saturated carbocycles. The predicted octanol–water partition coefficient (Wildman–Crippen LogP) is 3.06. The minimum Gasteiger partial charge on any atom is -0.487 e. The van der Waals surface area contributed by atoms with Gasteiger partial charge in [0.05, 0.1) is 36.2 Å². The third-order valence-corrected chi connectivity index (χ3v) is 6.31. The summed E-state index contributed by atoms with van der Waals surface area (Å²) in [5.41, 5.74) is 4.14. The molecule has 0 fully saturated rings. The molecule has 3 aromatic rings. The maximum absolute atomic E-state index is 12.9. The van der Waals surface area contributed by atoms with E-state index in [4.69, 9.17) is 9.15 Å². The van der Waals surface area contributed by atoms with Gasteiger partial charge in [-0.05, 0) is 50.8 Å². The summed E-state index contributed by atoms with van der Waals surface area (Å²) in [5, 5.41) is 0.869. The Balaban J connectivity index is 1.46. The molecule has 4 heterocycles. The average Bonchev–Trinajstić information content (AvgIpc) is 3.17. The third-order valence-electron chi connectivity index (χ3n) is 6.31. The van der Waals surface area contributed by atoms with Gasteiger partial charge >= 0.3 is 5.63 Å². The van der Waals surface area contributed by atoms with Gasteiger partial charge in [-0.1, -0.05) is 0 Å². The molecule has 1 N–H and O–H groups in total. The molecule has 30 heavy (non-hydrogen) atoms. The number of ether oxygens (including phenoxy) is 1. The molecule has 1 amide bonds. The highest BCUT2D eigenvalue weighted by Crippen LogP contribution is 2.36. The van der Waals surface area contributed by atoms with Crippen molar-refractivity contribution >= 4 is 16.9 Å². The fraction of sp³-hybridized carbons (Fsp3) is 0.435. The molecule has 1 aromatic carbocycles. The van der Waals surface area contributed by atoms with Crippen LogP contribution in [0, 0.1) is 6.92 Å². The van der Waals surface area contributed by atoms with Crippen molar-refractivity contribution in [3.8, 4) is 5.75 Å². The minimum absolute atomic E-state index is 0.0359. The van der Waals surface area contributed by atoms with Gasteiger partial charge in [-0.3, -0.25) is 4.79 Å². The highest BCUT2D eigenvalue weighted by atomic mass is 16.5. The molecule has 2 aromatic heterocycles. The van der Waals surface area contributed by atoms with Crippen LogP contribution in [0.2, 0.25) is 0 Å². The first-order valence-corrected chi connectivity index (χ1v) is 10.4. The first-order valence-electron chi connectivity index (χ1n) is 10.4. The summed E-state index contributed by atoms with van der Waals surface area (Å²) in [7, 11) is 0. The molecule has 5 rings (SSSR count). The highest BCUT2D eigenvalue weighted by molar-refractivity contribution is 5.86. The molecule has 0 saturated heterocycles. The quantitative estimate of drug-likeness (QED) is 0.660. The van der Waals surface area contributed by atoms with Gasteiger partial charge in [0.15, 0.2) is 0 Å². The zero-order valence-corrected chi connectivity index (χ0v) is 17.5. The zero-order chi connectivity index (χ0) is 21.0. The maximum Gasteiger partial charge on any atom is 0.340 e. The van der Waals surface area contributed by atoms with Crippen LogP contribution in [0.25, 0.3) is 11.0 Å². The van der Waals surface area contributed by atoms with Crippen LogP contribution >= 0.6 is 0 Å². The second-order valence-electron chi connectivity index (χ2n) is 8.88. The number of aryl methyl sites for hydroxylation is 2. The number of carbonyl (C=O) groups excluding carboxylic acids is 1. The predicted molar refractivity (Wildman–Crippen MR) is 112 cm³/mol. The number of fused-ring (bicyclic) bond motifs is 3. The fourth-order valence-electron chi connectivity index (χ4n) is 4.43. The van der Waals surface area contributed by atoms with Crippen LogP contribution < -0.4 is 10.4 Å². The van der Waals surface area contributed by atoms with Gasteiger partial charge in [0.1, 0.15) is 16.9 Å². The summed E-state index contributed by atoms with van der Waals surface area (Å²) in [5.74, 6) is 0.696. The summed E-state index contributed by atoms with van der Waals surface area (Å²) in [4.78, 5) is 34.8. The summed E-state index contributed by atoms with van der Waals surface area (Å²) in [6.07, 6.45) is 4.25. The summed E-state index contributed by atoms with van der Waals surface area (Å²) in [6, 6.07) is 3.86. The zero-order valence-electron chi connectivity index (χ0n) is 17.5. The van der Waals surface area contributed by atoms with Crippen LogP contribution in [-0.4, -0.2) is 32.9 Å². The first-order chi connectivity index (χ1) is 14.3. The van der Waals surface area contributed by atoms with Crippen molar-refractivity contribution in [3.63, 3.8) is 0 Å². The monoisotopic (exact) mass is 407 g/mol. The van der Waals surface area contributed by atoms with Crippen LogP contribution in [0.3, 0.4) is 0 Å². The lowest BCUT2D eigenvalue weighted by Crippen LogP contribution is -2.37. The van der Waals surface area contributed by atoms with Crippen LogP contribution in [-0.2, 0) is 30.6 Å². The molecule has 0 aliphatic carbocycles. The molecule has 2 aliphatic rings. The molecular formula is C23H25N3O4. The maximum atomic E-state index is 12.9. The van der Waals surface area contributed by atoms with Gasteiger partial charge in [-0.15, -0.1) is 0 Å². The van der Waals surface area contributed by atoms with Crippen molar-refractivity contribution in [2.24, 2.45) is 0 Å². The van der Waals surface area contributed by atoms with Crippen molar-refractivity contribution in [1.29, 1.82) is 0 Å². The van der Waals surface area contributed by atoms with Gasteiger partial charge in [0.25, 0.3) is 0 Å². The molecule has 0 radical (unpaired) electrons. The van der Waals surface area contributed by atoms with E-state index in [-0.39, 0.29) is 17.9 Å². The third kappa shape index (κ3) is 3.18. The van der Waals surface area contributed by atoms with Crippen molar-refractivity contribution in [1.82, 2.24) is 14.9 Å². The number of hydrogen-bond donors (Lipinski definition) is 1. The van der Waals surface area contributed by atoms with Gasteiger partial charge in [-0.25, -0.2) is 9.78 Å². The standard InChI is InChI=1S/C23H25N3O4/c1-13-15-8-14-4-6-23(2,3)30-19(14)10-20(15)29-22(28)16(13)9-21(27)26-7-5-17-18(11-26)25-12-24-17/h8,10,12H,4-7,9,11H2,1-3H3,(H,24,25). The van der Waals surface area contributed by atoms with E-state index in [1.807, 2.05) is 19.1 Å². The van der Waals surface area contributed by atoms with Crippen LogP contribution in [0.4, 0.5) is 0 Å². The number of amides is 1. The van der Waals surface area contributed by atoms with Gasteiger partial charge < -0.3 is 19.0 Å². The molecule has 0 spiro atoms. The van der Waals surface area contributed by atoms with Crippen LogP contribution in [0.1, 0.15) is 48.3 Å². The smallest absolute Gasteiger partial charge is 0.340 e. The normalized spacial score (nSPS) is 17.4. The van der Waals surface area contributed by atoms with Gasteiger partial charge in [-0.2, -0.15) is 0 Å². The van der Waals surface area contributed by atoms with E-state index >= 15 is 0 Å². The van der Waals surface area contributed by atoms with Crippen molar-refractivity contribution in [3.05, 3.63) is 57.0 Å². The van der Waals surface area contributed by atoms with Crippen molar-refractivity contribution in [2.45, 2.75) is 58.6 Å². The molecule has 7 heteroatoms. The van der Waals surface area contributed by atoms with Crippen molar-refractivity contribution in [2.75, 3.05) is 6.54 Å². The van der Waals surface area contributed by atoms with Crippen molar-refractivity contribution < 1.29 is 13.9 Å². The Morgan fingerprint density at radius 2 is 2.13 bits per heavy atom. The molecule has 0 bridgehead atoms. The number of nitrogens with one attached hydrogen (secondary N) is 1. The summed E-state index contributed by atoms with van der Waals surface area (Å²) < 4.78 is 11.7. The lowest BCUT2D eigenvalue weighted by Gasteiger charge is -2.32. The van der Waals surface area contributed by atoms with Gasteiger partial charge in [0.2, 0.25) is 5.91 Å². The van der Waals surface area contributed by atoms with E-state index in [1.54, 1.807) is 11.2 Å². The Kier molecular flexibility index (Phi) is 4.24. The Morgan fingerprint density at radius 1 is 1.30 bits per heavy atom. The fourth-order valence-corrected chi connectivity index (χ4v) is 4.43. The number of nitrogens with zero attached hydrogens (tertiary/aromatic N) is 2. The second-order valence-corrected chi connectivity index (χ2v) is 8.88. The number of aromatic amines is 1. The molecule has 2 aliphatic heterocycles. The molecule has 0 atom stereocenters. The Morgan fingerprint density at radius 3 is 2.97 bits per heavy atom. The molecule has 0 unspecified atom stereocenters. The largest absolute Gasteiger partial charge is 0.487 e. The van der Waals surface area contributed by atoms with Crippen LogP contribution in [0.15, 0.2) is 27.7 Å². The summed E-state index contributed by atoms with van der Waals surface area (Å²) >= 11 is 0. The van der Waals surface area contributed by atoms with Gasteiger partial charge in [0, 0.05) is 24.4 Å². The number of carbonyl (C=O) groups is 1. The van der Waals surface area contributed by atoms with E-state index in [9.17, 15) is 9.59 Å². The number of aromatic nitrogens is 2. The number of rotatable bonds is 2. The number of imidazole rings is 1. The average molecular weight is 407 g/mol. The Labute approximate surface area is 174 Å². The minimum atomic E-state index is -0.456. The SMILES string of the molecule is Cc1c(CC(=O)N2CCc3nc[nH]c3C2)c(=O)oc2cc3c(cc12)CCC(C)(C)O3. The number of benzene rings is 1. The van der Waals surface area contributed by atoms with Crippen LogP contribution in [0.5, 0.6) is 5.75 Å². The number of hydrogen-bond acceptors (Lipinski definition) is 5. The lowest BCUT2D eigenvalue weighted by molar-refractivity contribution is -0.131. The molecular weight excluding hydrogens is 382 g/mol. The van der Waals surface area contributed by atoms with E-state index < -0.39 is 5.63 Å². The molecule has 156 valence electrons. The van der Waals surface area contributed by atoms with E-state index in [0.29, 0.717) is 24.2 Å². The van der Waals surface area contributed by atoms with E-state index in [2.05, 4.69) is 23.8 Å².